The van der Waals surface area contributed by atoms with Crippen molar-refractivity contribution >= 4 is 21.2 Å². The van der Waals surface area contributed by atoms with Crippen LogP contribution in [0.1, 0.15) is 20.8 Å². The maximum Gasteiger partial charge on any atom is 0.178 e. The Bertz CT molecular complexity index is 576. The molecule has 5 nitrogen and oxygen atoms in total. The molecule has 1 aliphatic heterocycles. The Hall–Kier alpha value is -1.27. The average Bonchev–Trinajstić information content (AvgIpc) is 2.37. The molecule has 0 saturated carbocycles. The van der Waals surface area contributed by atoms with E-state index in [0.717, 1.165) is 18.8 Å². The Balaban J connectivity index is 2.30. The fourth-order valence-electron chi connectivity index (χ4n) is 2.56. The van der Waals surface area contributed by atoms with Gasteiger partial charge in [-0.2, -0.15) is 0 Å². The Kier molecular flexibility index (Phi) is 4.25. The Morgan fingerprint density at radius 3 is 2.40 bits per heavy atom. The summed E-state index contributed by atoms with van der Waals surface area (Å²) in [5.41, 5.74) is 7.43. The van der Waals surface area contributed by atoms with Gasteiger partial charge in [0.1, 0.15) is 0 Å². The normalized spacial score (nSPS) is 23.9. The van der Waals surface area contributed by atoms with E-state index in [0.29, 0.717) is 5.69 Å². The van der Waals surface area contributed by atoms with Crippen molar-refractivity contribution in [1.29, 1.82) is 0 Å². The molecule has 0 radical (unpaired) electrons. The molecule has 112 valence electrons. The lowest BCUT2D eigenvalue weighted by Gasteiger charge is -2.37. The molecule has 1 aromatic rings. The van der Waals surface area contributed by atoms with Crippen molar-refractivity contribution in [2.24, 2.45) is 0 Å². The number of anilines is 2. The van der Waals surface area contributed by atoms with Gasteiger partial charge in [0.25, 0.3) is 0 Å². The number of ether oxygens (including phenoxy) is 1. The molecule has 0 bridgehead atoms. The van der Waals surface area contributed by atoms with E-state index in [-0.39, 0.29) is 22.9 Å². The molecule has 6 heteroatoms. The van der Waals surface area contributed by atoms with Crippen molar-refractivity contribution in [3.63, 3.8) is 0 Å². The first kappa shape index (κ1) is 15.1. The summed E-state index contributed by atoms with van der Waals surface area (Å²) in [6, 6.07) is 4.98. The van der Waals surface area contributed by atoms with E-state index < -0.39 is 9.84 Å². The summed E-state index contributed by atoms with van der Waals surface area (Å²) in [6.07, 6.45) is 0.273. The molecule has 1 saturated heterocycles. The summed E-state index contributed by atoms with van der Waals surface area (Å²) < 4.78 is 29.4. The monoisotopic (exact) mass is 298 g/mol. The van der Waals surface area contributed by atoms with Crippen LogP contribution in [-0.4, -0.2) is 39.5 Å². The van der Waals surface area contributed by atoms with E-state index in [9.17, 15) is 8.42 Å². The smallest absolute Gasteiger partial charge is 0.178 e. The van der Waals surface area contributed by atoms with Crippen molar-refractivity contribution < 1.29 is 13.2 Å². The molecule has 1 aromatic carbocycles. The number of benzene rings is 1. The third kappa shape index (κ3) is 3.07. The number of rotatable bonds is 3. The fourth-order valence-corrected chi connectivity index (χ4v) is 3.47. The van der Waals surface area contributed by atoms with Gasteiger partial charge in [0.2, 0.25) is 0 Å². The summed E-state index contributed by atoms with van der Waals surface area (Å²) in [4.78, 5) is 2.44. The maximum atomic E-state index is 11.9. The number of nitrogens with two attached hydrogens (primary N) is 1. The first-order valence-electron chi connectivity index (χ1n) is 6.86. The topological polar surface area (TPSA) is 72.6 Å². The zero-order valence-corrected chi connectivity index (χ0v) is 13.0. The van der Waals surface area contributed by atoms with Crippen LogP contribution >= 0.6 is 0 Å². The van der Waals surface area contributed by atoms with Crippen LogP contribution in [0.5, 0.6) is 0 Å². The predicted molar refractivity (Wildman–Crippen MR) is 80.8 cm³/mol. The van der Waals surface area contributed by atoms with Gasteiger partial charge in [-0.15, -0.1) is 0 Å². The van der Waals surface area contributed by atoms with Gasteiger partial charge >= 0.3 is 0 Å². The standard InChI is InChI=1S/C14H22N2O3S/c1-4-20(17,18)12-5-6-14(13(15)7-12)16-8-10(2)19-11(3)9-16/h5-7,10-11H,4,8-9,15H2,1-3H3/t10-,11-/m0/s1. The summed E-state index contributed by atoms with van der Waals surface area (Å²) in [5.74, 6) is 0.0808. The van der Waals surface area contributed by atoms with E-state index in [2.05, 4.69) is 4.90 Å². The van der Waals surface area contributed by atoms with Crippen molar-refractivity contribution in [3.8, 4) is 0 Å². The first-order valence-corrected chi connectivity index (χ1v) is 8.51. The quantitative estimate of drug-likeness (QED) is 0.860. The minimum absolute atomic E-state index is 0.0808. The highest BCUT2D eigenvalue weighted by molar-refractivity contribution is 7.91. The van der Waals surface area contributed by atoms with Gasteiger partial charge in [0.05, 0.1) is 34.2 Å². The van der Waals surface area contributed by atoms with E-state index in [1.165, 1.54) is 0 Å². The third-order valence-electron chi connectivity index (χ3n) is 3.50. The zero-order valence-electron chi connectivity index (χ0n) is 12.2. The second-order valence-corrected chi connectivity index (χ2v) is 7.56. The van der Waals surface area contributed by atoms with Crippen LogP contribution in [0.2, 0.25) is 0 Å². The van der Waals surface area contributed by atoms with Gasteiger partial charge < -0.3 is 15.4 Å². The largest absolute Gasteiger partial charge is 0.397 e. The maximum absolute atomic E-state index is 11.9. The molecule has 0 unspecified atom stereocenters. The molecule has 0 aromatic heterocycles. The summed E-state index contributed by atoms with van der Waals surface area (Å²) in [7, 11) is -3.21. The third-order valence-corrected chi connectivity index (χ3v) is 5.23. The molecular formula is C14H22N2O3S. The van der Waals surface area contributed by atoms with E-state index in [1.54, 1.807) is 25.1 Å². The lowest BCUT2D eigenvalue weighted by Crippen LogP contribution is -2.45. The van der Waals surface area contributed by atoms with Crippen LogP contribution in [0.4, 0.5) is 11.4 Å². The molecule has 2 rings (SSSR count). The van der Waals surface area contributed by atoms with E-state index >= 15 is 0 Å². The highest BCUT2D eigenvalue weighted by Gasteiger charge is 2.24. The number of nitrogens with zero attached hydrogens (tertiary/aromatic N) is 1. The lowest BCUT2D eigenvalue weighted by atomic mass is 10.2. The second-order valence-electron chi connectivity index (χ2n) is 5.29. The van der Waals surface area contributed by atoms with Gasteiger partial charge in [0, 0.05) is 13.1 Å². The summed E-state index contributed by atoms with van der Waals surface area (Å²) >= 11 is 0. The van der Waals surface area contributed by atoms with Gasteiger partial charge in [-0.25, -0.2) is 8.42 Å². The van der Waals surface area contributed by atoms with Crippen LogP contribution in [0.25, 0.3) is 0 Å². The van der Waals surface area contributed by atoms with E-state index in [4.69, 9.17) is 10.5 Å². The molecule has 1 fully saturated rings. The highest BCUT2D eigenvalue weighted by Crippen LogP contribution is 2.29. The van der Waals surface area contributed by atoms with Crippen molar-refractivity contribution in [2.45, 2.75) is 37.9 Å². The molecule has 2 atom stereocenters. The SMILES string of the molecule is CCS(=O)(=O)c1ccc(N2C[C@H](C)O[C@@H](C)C2)c(N)c1. The van der Waals surface area contributed by atoms with Gasteiger partial charge in [-0.05, 0) is 32.0 Å². The molecule has 0 amide bonds. The molecule has 1 aliphatic rings. The second kappa shape index (κ2) is 5.61. The minimum atomic E-state index is -3.21. The lowest BCUT2D eigenvalue weighted by molar-refractivity contribution is -0.00517. The molecule has 1 heterocycles. The molecule has 0 spiro atoms. The van der Waals surface area contributed by atoms with Crippen LogP contribution in [0.15, 0.2) is 23.1 Å². The van der Waals surface area contributed by atoms with E-state index in [1.807, 2.05) is 13.8 Å². The minimum Gasteiger partial charge on any atom is -0.397 e. The predicted octanol–water partition coefficient (Wildman–Crippen LogP) is 1.68. The summed E-state index contributed by atoms with van der Waals surface area (Å²) in [5, 5.41) is 0. The number of morpholine rings is 1. The Morgan fingerprint density at radius 2 is 1.90 bits per heavy atom. The van der Waals surface area contributed by atoms with Crippen LogP contribution in [-0.2, 0) is 14.6 Å². The zero-order chi connectivity index (χ0) is 14.9. The molecule has 2 N–H and O–H groups in total. The van der Waals surface area contributed by atoms with Crippen molar-refractivity contribution in [1.82, 2.24) is 0 Å². The first-order chi connectivity index (χ1) is 9.33. The fraction of sp³-hybridized carbons (Fsp3) is 0.571. The number of hydrogen-bond donors (Lipinski definition) is 1. The Morgan fingerprint density at radius 1 is 1.30 bits per heavy atom. The van der Waals surface area contributed by atoms with Crippen LogP contribution < -0.4 is 10.6 Å². The average molecular weight is 298 g/mol. The van der Waals surface area contributed by atoms with Crippen LogP contribution in [0.3, 0.4) is 0 Å². The molecule has 0 aliphatic carbocycles. The number of nitrogen functional groups attached to an aromatic ring is 1. The van der Waals surface area contributed by atoms with Crippen molar-refractivity contribution in [3.05, 3.63) is 18.2 Å². The Labute approximate surface area is 120 Å². The summed E-state index contributed by atoms with van der Waals surface area (Å²) in [6.45, 7) is 7.19. The highest BCUT2D eigenvalue weighted by atomic mass is 32.2. The number of sulfone groups is 1. The number of hydrogen-bond acceptors (Lipinski definition) is 5. The van der Waals surface area contributed by atoms with Gasteiger partial charge in [-0.1, -0.05) is 6.92 Å². The van der Waals surface area contributed by atoms with Gasteiger partial charge in [0.15, 0.2) is 9.84 Å². The molecular weight excluding hydrogens is 276 g/mol. The van der Waals surface area contributed by atoms with Gasteiger partial charge in [-0.3, -0.25) is 0 Å². The van der Waals surface area contributed by atoms with Crippen molar-refractivity contribution in [2.75, 3.05) is 29.5 Å². The van der Waals surface area contributed by atoms with Crippen LogP contribution in [0, 0.1) is 0 Å². The molecule has 20 heavy (non-hydrogen) atoms.